The second kappa shape index (κ2) is 8.17. The maximum Gasteiger partial charge on any atom is 0.253 e. The second-order valence-corrected chi connectivity index (χ2v) is 7.61. The number of halogens is 4. The number of methoxy groups -OCH3 is 1. The molecule has 0 aliphatic heterocycles. The van der Waals surface area contributed by atoms with Crippen molar-refractivity contribution in [3.63, 3.8) is 0 Å². The van der Waals surface area contributed by atoms with Crippen LogP contribution < -0.4 is 15.4 Å². The Morgan fingerprint density at radius 1 is 1.12 bits per heavy atom. The molecule has 0 aliphatic carbocycles. The molecule has 0 radical (unpaired) electrons. The molecule has 4 nitrogen and oxygen atoms in total. The summed E-state index contributed by atoms with van der Waals surface area (Å²) in [5.41, 5.74) is 0.922. The monoisotopic (exact) mass is 406 g/mol. The van der Waals surface area contributed by atoms with Crippen LogP contribution in [0.3, 0.4) is 0 Å². The standard InChI is InChI=1S/C16H14Cl4N2O2/c1-24-13-8-3-2-7-12(13)21-15(16(18,19)20)22-14(23)10-5-4-6-11(17)9-10/h2-9,15,21H,1H3,(H,22,23). The summed E-state index contributed by atoms with van der Waals surface area (Å²) in [5, 5.41) is 6.04. The largest absolute Gasteiger partial charge is 0.495 e. The van der Waals surface area contributed by atoms with E-state index >= 15 is 0 Å². The number of alkyl halides is 3. The lowest BCUT2D eigenvalue weighted by molar-refractivity contribution is 0.0942. The smallest absolute Gasteiger partial charge is 0.253 e. The van der Waals surface area contributed by atoms with Gasteiger partial charge in [-0.1, -0.05) is 64.6 Å². The third-order valence-corrected chi connectivity index (χ3v) is 3.99. The second-order valence-electron chi connectivity index (χ2n) is 4.80. The first-order valence-electron chi connectivity index (χ1n) is 6.84. The number of hydrogen-bond donors (Lipinski definition) is 2. The number of hydrogen-bond acceptors (Lipinski definition) is 3. The molecular weight excluding hydrogens is 394 g/mol. The zero-order chi connectivity index (χ0) is 17.7. The summed E-state index contributed by atoms with van der Waals surface area (Å²) in [6.07, 6.45) is -0.995. The number of ether oxygens (including phenoxy) is 1. The fraction of sp³-hybridized carbons (Fsp3) is 0.188. The SMILES string of the molecule is COc1ccccc1NC(NC(=O)c1cccc(Cl)c1)C(Cl)(Cl)Cl. The lowest BCUT2D eigenvalue weighted by Crippen LogP contribution is -2.49. The summed E-state index contributed by atoms with van der Waals surface area (Å²) in [4.78, 5) is 12.4. The topological polar surface area (TPSA) is 50.4 Å². The van der Waals surface area contributed by atoms with Gasteiger partial charge >= 0.3 is 0 Å². The Hall–Kier alpha value is -1.33. The number of anilines is 1. The lowest BCUT2D eigenvalue weighted by Gasteiger charge is -2.28. The first kappa shape index (κ1) is 19.0. The number of para-hydroxylation sites is 2. The third-order valence-electron chi connectivity index (χ3n) is 3.10. The molecule has 0 aromatic heterocycles. The van der Waals surface area contributed by atoms with Crippen molar-refractivity contribution in [3.8, 4) is 5.75 Å². The minimum absolute atomic E-state index is 0.351. The number of carbonyl (C=O) groups excluding carboxylic acids is 1. The van der Waals surface area contributed by atoms with Gasteiger partial charge in [-0.2, -0.15) is 0 Å². The van der Waals surface area contributed by atoms with E-state index in [1.165, 1.54) is 13.2 Å². The average molecular weight is 408 g/mol. The average Bonchev–Trinajstić information content (AvgIpc) is 2.53. The van der Waals surface area contributed by atoms with Gasteiger partial charge in [-0.3, -0.25) is 4.79 Å². The van der Waals surface area contributed by atoms with Crippen LogP contribution in [0.25, 0.3) is 0 Å². The van der Waals surface area contributed by atoms with Gasteiger partial charge in [0.15, 0.2) is 0 Å². The number of benzene rings is 2. The van der Waals surface area contributed by atoms with Crippen LogP contribution in [0.5, 0.6) is 5.75 Å². The molecule has 0 aliphatic rings. The Morgan fingerprint density at radius 2 is 1.83 bits per heavy atom. The molecule has 0 heterocycles. The van der Waals surface area contributed by atoms with Crippen molar-refractivity contribution in [3.05, 3.63) is 59.1 Å². The van der Waals surface area contributed by atoms with Gasteiger partial charge in [0.25, 0.3) is 5.91 Å². The molecule has 1 atom stereocenters. The molecule has 0 saturated carbocycles. The van der Waals surface area contributed by atoms with E-state index in [-0.39, 0.29) is 0 Å². The fourth-order valence-corrected chi connectivity index (χ4v) is 2.48. The van der Waals surface area contributed by atoms with E-state index < -0.39 is 15.9 Å². The maximum absolute atomic E-state index is 12.4. The summed E-state index contributed by atoms with van der Waals surface area (Å²) >= 11 is 23.9. The predicted molar refractivity (Wildman–Crippen MR) is 99.6 cm³/mol. The Labute approximate surface area is 160 Å². The van der Waals surface area contributed by atoms with Crippen LogP contribution in [0.2, 0.25) is 5.02 Å². The van der Waals surface area contributed by atoms with E-state index in [1.54, 1.807) is 42.5 Å². The molecule has 24 heavy (non-hydrogen) atoms. The Kier molecular flexibility index (Phi) is 6.47. The normalized spacial score (nSPS) is 12.4. The number of nitrogens with one attached hydrogen (secondary N) is 2. The highest BCUT2D eigenvalue weighted by Gasteiger charge is 2.34. The molecule has 0 bridgehead atoms. The number of carbonyl (C=O) groups is 1. The minimum atomic E-state index is -1.80. The van der Waals surface area contributed by atoms with Gasteiger partial charge in [0.05, 0.1) is 12.8 Å². The molecule has 2 aromatic rings. The minimum Gasteiger partial charge on any atom is -0.495 e. The van der Waals surface area contributed by atoms with Crippen LogP contribution in [0.4, 0.5) is 5.69 Å². The van der Waals surface area contributed by atoms with E-state index in [1.807, 2.05) is 0 Å². The van der Waals surface area contributed by atoms with Gasteiger partial charge in [-0.25, -0.2) is 0 Å². The summed E-state index contributed by atoms with van der Waals surface area (Å²) in [5.74, 6) is 0.116. The van der Waals surface area contributed by atoms with E-state index in [4.69, 9.17) is 51.1 Å². The molecule has 0 saturated heterocycles. The molecule has 1 unspecified atom stereocenters. The maximum atomic E-state index is 12.4. The summed E-state index contributed by atoms with van der Waals surface area (Å²) in [6.45, 7) is 0. The molecular formula is C16H14Cl4N2O2. The van der Waals surface area contributed by atoms with Crippen LogP contribution >= 0.6 is 46.4 Å². The van der Waals surface area contributed by atoms with Crippen molar-refractivity contribution < 1.29 is 9.53 Å². The van der Waals surface area contributed by atoms with Gasteiger partial charge in [0, 0.05) is 10.6 Å². The Bertz CT molecular complexity index is 719. The van der Waals surface area contributed by atoms with Crippen LogP contribution in [-0.2, 0) is 0 Å². The van der Waals surface area contributed by atoms with Crippen LogP contribution in [0, 0.1) is 0 Å². The van der Waals surface area contributed by atoms with Crippen molar-refractivity contribution in [2.45, 2.75) is 9.96 Å². The highest BCUT2D eigenvalue weighted by molar-refractivity contribution is 6.68. The Morgan fingerprint density at radius 3 is 2.46 bits per heavy atom. The van der Waals surface area contributed by atoms with Gasteiger partial charge in [0.1, 0.15) is 11.9 Å². The molecule has 8 heteroatoms. The Balaban J connectivity index is 2.22. The van der Waals surface area contributed by atoms with Crippen LogP contribution in [0.1, 0.15) is 10.4 Å². The third kappa shape index (κ3) is 5.08. The first-order chi connectivity index (χ1) is 11.3. The summed E-state index contributed by atoms with van der Waals surface area (Å²) in [7, 11) is 1.52. The van der Waals surface area contributed by atoms with Crippen LogP contribution in [-0.4, -0.2) is 23.0 Å². The van der Waals surface area contributed by atoms with Gasteiger partial charge in [-0.05, 0) is 30.3 Å². The van der Waals surface area contributed by atoms with Crippen molar-refractivity contribution in [2.75, 3.05) is 12.4 Å². The summed E-state index contributed by atoms with van der Waals surface area (Å²) < 4.78 is 3.45. The molecule has 2 aromatic carbocycles. The van der Waals surface area contributed by atoms with Crippen molar-refractivity contribution >= 4 is 58.0 Å². The van der Waals surface area contributed by atoms with E-state index in [0.29, 0.717) is 22.0 Å². The molecule has 128 valence electrons. The van der Waals surface area contributed by atoms with E-state index in [2.05, 4.69) is 10.6 Å². The zero-order valence-corrected chi connectivity index (χ0v) is 15.5. The van der Waals surface area contributed by atoms with Crippen molar-refractivity contribution in [2.24, 2.45) is 0 Å². The number of amides is 1. The van der Waals surface area contributed by atoms with Crippen molar-refractivity contribution in [1.82, 2.24) is 5.32 Å². The lowest BCUT2D eigenvalue weighted by atomic mass is 10.2. The molecule has 2 rings (SSSR count). The van der Waals surface area contributed by atoms with Crippen LogP contribution in [0.15, 0.2) is 48.5 Å². The predicted octanol–water partition coefficient (Wildman–Crippen LogP) is 4.89. The molecule has 0 spiro atoms. The first-order valence-corrected chi connectivity index (χ1v) is 8.35. The quantitative estimate of drug-likeness (QED) is 0.548. The summed E-state index contributed by atoms with van der Waals surface area (Å²) in [6, 6.07) is 13.5. The van der Waals surface area contributed by atoms with E-state index in [0.717, 1.165) is 0 Å². The highest BCUT2D eigenvalue weighted by atomic mass is 35.6. The molecule has 1 amide bonds. The molecule has 0 fully saturated rings. The number of rotatable bonds is 5. The highest BCUT2D eigenvalue weighted by Crippen LogP contribution is 2.33. The molecule has 2 N–H and O–H groups in total. The fourth-order valence-electron chi connectivity index (χ4n) is 1.96. The van der Waals surface area contributed by atoms with Crippen molar-refractivity contribution in [1.29, 1.82) is 0 Å². The van der Waals surface area contributed by atoms with Gasteiger partial charge in [0.2, 0.25) is 3.79 Å². The zero-order valence-electron chi connectivity index (χ0n) is 12.5. The van der Waals surface area contributed by atoms with Gasteiger partial charge < -0.3 is 15.4 Å². The van der Waals surface area contributed by atoms with Gasteiger partial charge in [-0.15, -0.1) is 0 Å². The van der Waals surface area contributed by atoms with E-state index in [9.17, 15) is 4.79 Å².